The maximum Gasteiger partial charge on any atom is 0.180 e. The van der Waals surface area contributed by atoms with Gasteiger partial charge in [-0.2, -0.15) is 0 Å². The van der Waals surface area contributed by atoms with Gasteiger partial charge in [-0.05, 0) is 38.5 Å². The van der Waals surface area contributed by atoms with Crippen molar-refractivity contribution in [2.24, 2.45) is 0 Å². The van der Waals surface area contributed by atoms with Gasteiger partial charge in [-0.1, -0.05) is 30.3 Å². The Hall–Kier alpha value is -2.53. The maximum absolute atomic E-state index is 4.50. The Balaban J connectivity index is 1.63. The summed E-state index contributed by atoms with van der Waals surface area (Å²) in [4.78, 5) is 13.0. The van der Waals surface area contributed by atoms with Crippen LogP contribution in [0.25, 0.3) is 11.2 Å². The molecule has 2 heterocycles. The zero-order valence-electron chi connectivity index (χ0n) is 14.3. The number of fused-ring (bicyclic) bond motifs is 1. The molecule has 3 aromatic rings. The van der Waals surface area contributed by atoms with Crippen molar-refractivity contribution in [3.05, 3.63) is 60.4 Å². The molecule has 0 aliphatic carbocycles. The van der Waals surface area contributed by atoms with Crippen molar-refractivity contribution in [3.8, 4) is 0 Å². The van der Waals surface area contributed by atoms with Crippen LogP contribution in [0.3, 0.4) is 0 Å². The second kappa shape index (κ2) is 6.93. The van der Waals surface area contributed by atoms with Gasteiger partial charge in [0.25, 0.3) is 0 Å². The SMILES string of the molecule is CC(NC(C)(C)CNc1ccc2nccnc2n1)c1ccccc1. The lowest BCUT2D eigenvalue weighted by Crippen LogP contribution is -2.46. The van der Waals surface area contributed by atoms with Crippen LogP contribution in [0.2, 0.25) is 0 Å². The van der Waals surface area contributed by atoms with Gasteiger partial charge in [0.1, 0.15) is 11.3 Å². The van der Waals surface area contributed by atoms with Crippen molar-refractivity contribution in [3.63, 3.8) is 0 Å². The van der Waals surface area contributed by atoms with Crippen LogP contribution in [-0.2, 0) is 0 Å². The summed E-state index contributed by atoms with van der Waals surface area (Å²) in [6, 6.07) is 14.6. The Kier molecular flexibility index (Phi) is 4.71. The second-order valence-electron chi connectivity index (χ2n) is 6.61. The third kappa shape index (κ3) is 4.06. The number of nitrogens with one attached hydrogen (secondary N) is 2. The highest BCUT2D eigenvalue weighted by Gasteiger charge is 2.20. The van der Waals surface area contributed by atoms with E-state index >= 15 is 0 Å². The van der Waals surface area contributed by atoms with E-state index in [1.807, 2.05) is 18.2 Å². The fourth-order valence-corrected chi connectivity index (χ4v) is 2.73. The molecule has 0 saturated heterocycles. The van der Waals surface area contributed by atoms with E-state index in [9.17, 15) is 0 Å². The lowest BCUT2D eigenvalue weighted by atomic mass is 10.0. The van der Waals surface area contributed by atoms with Gasteiger partial charge in [0, 0.05) is 30.5 Å². The summed E-state index contributed by atoms with van der Waals surface area (Å²) in [6.45, 7) is 7.30. The smallest absolute Gasteiger partial charge is 0.180 e. The molecular weight excluding hydrogens is 298 g/mol. The maximum atomic E-state index is 4.50. The first-order valence-corrected chi connectivity index (χ1v) is 8.18. The Bertz CT molecular complexity index is 801. The minimum absolute atomic E-state index is 0.0890. The molecule has 24 heavy (non-hydrogen) atoms. The van der Waals surface area contributed by atoms with Crippen molar-refractivity contribution in [1.82, 2.24) is 20.3 Å². The predicted octanol–water partition coefficient (Wildman–Crippen LogP) is 3.57. The Labute approximate surface area is 142 Å². The van der Waals surface area contributed by atoms with Gasteiger partial charge in [0.15, 0.2) is 5.65 Å². The average Bonchev–Trinajstić information content (AvgIpc) is 2.60. The fraction of sp³-hybridized carbons (Fsp3) is 0.316. The number of hydrogen-bond donors (Lipinski definition) is 2. The minimum Gasteiger partial charge on any atom is -0.368 e. The van der Waals surface area contributed by atoms with Crippen molar-refractivity contribution >= 4 is 17.0 Å². The number of aromatic nitrogens is 3. The van der Waals surface area contributed by atoms with Crippen molar-refractivity contribution in [1.29, 1.82) is 0 Å². The zero-order valence-corrected chi connectivity index (χ0v) is 14.3. The number of rotatable bonds is 6. The van der Waals surface area contributed by atoms with E-state index in [2.05, 4.69) is 70.6 Å². The Morgan fingerprint density at radius 2 is 1.75 bits per heavy atom. The molecule has 0 radical (unpaired) electrons. The van der Waals surface area contributed by atoms with Gasteiger partial charge in [-0.25, -0.2) is 9.97 Å². The summed E-state index contributed by atoms with van der Waals surface area (Å²) in [5.41, 5.74) is 2.66. The van der Waals surface area contributed by atoms with E-state index in [0.29, 0.717) is 5.65 Å². The monoisotopic (exact) mass is 321 g/mol. The number of benzene rings is 1. The highest BCUT2D eigenvalue weighted by molar-refractivity contribution is 5.71. The molecule has 0 spiro atoms. The van der Waals surface area contributed by atoms with Gasteiger partial charge in [-0.3, -0.25) is 4.98 Å². The predicted molar refractivity (Wildman–Crippen MR) is 97.9 cm³/mol. The van der Waals surface area contributed by atoms with Gasteiger partial charge >= 0.3 is 0 Å². The Morgan fingerprint density at radius 1 is 1.00 bits per heavy atom. The van der Waals surface area contributed by atoms with Gasteiger partial charge in [-0.15, -0.1) is 0 Å². The van der Waals surface area contributed by atoms with Gasteiger partial charge < -0.3 is 10.6 Å². The number of hydrogen-bond acceptors (Lipinski definition) is 5. The summed E-state index contributed by atoms with van der Waals surface area (Å²) < 4.78 is 0. The van der Waals surface area contributed by atoms with Crippen LogP contribution in [0.1, 0.15) is 32.4 Å². The molecular formula is C19H23N5. The third-order valence-electron chi connectivity index (χ3n) is 3.95. The molecule has 0 fully saturated rings. The van der Waals surface area contributed by atoms with E-state index < -0.39 is 0 Å². The van der Waals surface area contributed by atoms with Gasteiger partial charge in [0.05, 0.1) is 0 Å². The number of nitrogens with zero attached hydrogens (tertiary/aromatic N) is 3. The van der Waals surface area contributed by atoms with Crippen molar-refractivity contribution in [2.75, 3.05) is 11.9 Å². The molecule has 0 amide bonds. The summed E-state index contributed by atoms with van der Waals surface area (Å²) in [6.07, 6.45) is 3.33. The zero-order chi connectivity index (χ0) is 17.0. The van der Waals surface area contributed by atoms with Crippen LogP contribution in [0.15, 0.2) is 54.9 Å². The van der Waals surface area contributed by atoms with Crippen LogP contribution in [-0.4, -0.2) is 27.0 Å². The molecule has 3 rings (SSSR count). The lowest BCUT2D eigenvalue weighted by Gasteiger charge is -2.31. The topological polar surface area (TPSA) is 62.7 Å². The average molecular weight is 321 g/mol. The lowest BCUT2D eigenvalue weighted by molar-refractivity contribution is 0.364. The van der Waals surface area contributed by atoms with Crippen LogP contribution >= 0.6 is 0 Å². The quantitative estimate of drug-likeness (QED) is 0.727. The highest BCUT2D eigenvalue weighted by atomic mass is 15.1. The summed E-state index contributed by atoms with van der Waals surface area (Å²) in [7, 11) is 0. The minimum atomic E-state index is -0.0890. The molecule has 5 nitrogen and oxygen atoms in total. The summed E-state index contributed by atoms with van der Waals surface area (Å²) >= 11 is 0. The summed E-state index contributed by atoms with van der Waals surface area (Å²) in [5.74, 6) is 0.810. The standard InChI is InChI=1S/C19H23N5/c1-14(15-7-5-4-6-8-15)24-19(2,3)13-22-17-10-9-16-18(23-17)21-12-11-20-16/h4-12,14,24H,13H2,1-3H3,(H,21,22,23). The molecule has 2 aromatic heterocycles. The van der Waals surface area contributed by atoms with E-state index in [1.54, 1.807) is 12.4 Å². The number of pyridine rings is 1. The van der Waals surface area contributed by atoms with Crippen molar-refractivity contribution in [2.45, 2.75) is 32.4 Å². The van der Waals surface area contributed by atoms with E-state index in [1.165, 1.54) is 5.56 Å². The molecule has 1 aromatic carbocycles. The van der Waals surface area contributed by atoms with Crippen LogP contribution in [0.4, 0.5) is 5.82 Å². The van der Waals surface area contributed by atoms with Crippen LogP contribution < -0.4 is 10.6 Å². The molecule has 0 aliphatic heterocycles. The highest BCUT2D eigenvalue weighted by Crippen LogP contribution is 2.17. The molecule has 0 saturated carbocycles. The van der Waals surface area contributed by atoms with Gasteiger partial charge in [0.2, 0.25) is 0 Å². The molecule has 1 unspecified atom stereocenters. The summed E-state index contributed by atoms with van der Waals surface area (Å²) in [5, 5.41) is 7.05. The normalized spacial score (nSPS) is 13.0. The first-order valence-electron chi connectivity index (χ1n) is 8.18. The molecule has 1 atom stereocenters. The fourth-order valence-electron chi connectivity index (χ4n) is 2.73. The first-order chi connectivity index (χ1) is 11.5. The molecule has 2 N–H and O–H groups in total. The second-order valence-corrected chi connectivity index (χ2v) is 6.61. The molecule has 124 valence electrons. The van der Waals surface area contributed by atoms with E-state index in [0.717, 1.165) is 17.9 Å². The number of anilines is 1. The third-order valence-corrected chi connectivity index (χ3v) is 3.95. The van der Waals surface area contributed by atoms with E-state index in [-0.39, 0.29) is 11.6 Å². The molecule has 0 bridgehead atoms. The largest absolute Gasteiger partial charge is 0.368 e. The van der Waals surface area contributed by atoms with Crippen molar-refractivity contribution < 1.29 is 0 Å². The first kappa shape index (κ1) is 16.3. The molecule has 0 aliphatic rings. The van der Waals surface area contributed by atoms with Crippen LogP contribution in [0.5, 0.6) is 0 Å². The molecule has 5 heteroatoms. The van der Waals surface area contributed by atoms with E-state index in [4.69, 9.17) is 0 Å². The van der Waals surface area contributed by atoms with Crippen LogP contribution in [0, 0.1) is 0 Å². The Morgan fingerprint density at radius 3 is 2.54 bits per heavy atom.